The van der Waals surface area contributed by atoms with Gasteiger partial charge in [-0.05, 0) is 55.7 Å². The molecule has 0 radical (unpaired) electrons. The number of nitrogens with two attached hydrogens (primary N) is 1. The number of rotatable bonds is 6. The van der Waals surface area contributed by atoms with Crippen molar-refractivity contribution in [1.82, 2.24) is 10.3 Å². The van der Waals surface area contributed by atoms with Crippen LogP contribution in [0, 0.1) is 6.92 Å². The van der Waals surface area contributed by atoms with Gasteiger partial charge in [0.15, 0.2) is 0 Å². The number of halogens is 2. The predicted octanol–water partition coefficient (Wildman–Crippen LogP) is 6.50. The molecule has 154 valence electrons. The number of hydrogen-bond donors (Lipinski definition) is 2. The van der Waals surface area contributed by atoms with Crippen LogP contribution in [0.1, 0.15) is 25.0 Å². The third-order valence-electron chi connectivity index (χ3n) is 4.72. The van der Waals surface area contributed by atoms with E-state index in [1.54, 1.807) is 49.7 Å². The summed E-state index contributed by atoms with van der Waals surface area (Å²) in [5, 5.41) is 4.17. The summed E-state index contributed by atoms with van der Waals surface area (Å²) < 4.78 is 14.8. The zero-order valence-corrected chi connectivity index (χ0v) is 17.9. The van der Waals surface area contributed by atoms with E-state index in [4.69, 9.17) is 17.3 Å². The van der Waals surface area contributed by atoms with Gasteiger partial charge >= 0.3 is 0 Å². The molecule has 30 heavy (non-hydrogen) atoms. The Morgan fingerprint density at radius 2 is 1.70 bits per heavy atom. The van der Waals surface area contributed by atoms with Crippen LogP contribution in [0.25, 0.3) is 16.7 Å². The van der Waals surface area contributed by atoms with Crippen molar-refractivity contribution < 1.29 is 4.48 Å². The molecule has 6 heteroatoms. The zero-order valence-electron chi connectivity index (χ0n) is 17.2. The fraction of sp³-hybridized carbons (Fsp3) is 0.125. The summed E-state index contributed by atoms with van der Waals surface area (Å²) in [4.78, 5) is 4.06. The van der Waals surface area contributed by atoms with E-state index in [1.807, 2.05) is 13.1 Å². The minimum atomic E-state index is 0.336. The fourth-order valence-corrected chi connectivity index (χ4v) is 3.21. The summed E-state index contributed by atoms with van der Waals surface area (Å²) in [5.41, 5.74) is 11.5. The number of pyridine rings is 1. The SMILES string of the molecule is C/C(=C\N/C=C(\C)N(F)c1ccc(-c2c(Cl)ccnc2N)cc1)c1ccc(C)cc1. The number of allylic oxidation sites excluding steroid dienone is 2. The summed E-state index contributed by atoms with van der Waals surface area (Å²) in [6.07, 6.45) is 5.01. The highest BCUT2D eigenvalue weighted by molar-refractivity contribution is 6.33. The van der Waals surface area contributed by atoms with Gasteiger partial charge in [0.05, 0.1) is 16.4 Å². The maximum Gasteiger partial charge on any atom is 0.132 e. The van der Waals surface area contributed by atoms with Gasteiger partial charge in [0.1, 0.15) is 5.82 Å². The van der Waals surface area contributed by atoms with Crippen LogP contribution in [0.2, 0.25) is 5.02 Å². The second-order valence-electron chi connectivity index (χ2n) is 7.03. The lowest BCUT2D eigenvalue weighted by Crippen LogP contribution is -2.11. The Hall–Kier alpha value is -3.31. The summed E-state index contributed by atoms with van der Waals surface area (Å²) in [5.74, 6) is 0.336. The molecule has 0 aliphatic heterocycles. The van der Waals surface area contributed by atoms with E-state index < -0.39 is 0 Å². The third kappa shape index (κ3) is 4.99. The Morgan fingerprint density at radius 3 is 2.33 bits per heavy atom. The van der Waals surface area contributed by atoms with Crippen molar-refractivity contribution in [1.29, 1.82) is 0 Å². The minimum Gasteiger partial charge on any atom is -0.383 e. The Labute approximate surface area is 181 Å². The first-order valence-electron chi connectivity index (χ1n) is 9.50. The normalized spacial score (nSPS) is 12.0. The molecule has 0 aliphatic rings. The molecule has 1 heterocycles. The van der Waals surface area contributed by atoms with Gasteiger partial charge in [-0.15, -0.1) is 0 Å². The van der Waals surface area contributed by atoms with Crippen LogP contribution in [-0.2, 0) is 0 Å². The van der Waals surface area contributed by atoms with Gasteiger partial charge in [0.25, 0.3) is 0 Å². The van der Waals surface area contributed by atoms with E-state index in [-0.39, 0.29) is 0 Å². The standard InChI is InChI=1S/C24H24ClFN4/c1-16-4-6-19(7-5-16)17(2)14-28-15-18(3)30(26)21-10-8-20(9-11-21)23-22(25)12-13-29-24(23)27/h4-15,28H,1-3H3,(H2,27,29)/b17-14+,18-15+. The first-order chi connectivity index (χ1) is 14.4. The number of nitrogen functional groups attached to an aromatic ring is 1. The van der Waals surface area contributed by atoms with Gasteiger partial charge in [-0.2, -0.15) is 5.12 Å². The summed E-state index contributed by atoms with van der Waals surface area (Å²) in [6.45, 7) is 5.74. The van der Waals surface area contributed by atoms with Gasteiger partial charge < -0.3 is 11.1 Å². The fourth-order valence-electron chi connectivity index (χ4n) is 2.95. The third-order valence-corrected chi connectivity index (χ3v) is 5.04. The Balaban J connectivity index is 1.70. The molecule has 2 aromatic carbocycles. The molecule has 3 N–H and O–H groups in total. The molecule has 0 fully saturated rings. The zero-order chi connectivity index (χ0) is 21.7. The lowest BCUT2D eigenvalue weighted by Gasteiger charge is -2.15. The molecule has 0 amide bonds. The van der Waals surface area contributed by atoms with Gasteiger partial charge in [0, 0.05) is 24.2 Å². The first kappa shape index (κ1) is 21.4. The quantitative estimate of drug-likeness (QED) is 0.445. The van der Waals surface area contributed by atoms with Crippen LogP contribution in [0.15, 0.2) is 78.9 Å². The average molecular weight is 423 g/mol. The van der Waals surface area contributed by atoms with E-state index in [0.29, 0.717) is 32.9 Å². The van der Waals surface area contributed by atoms with Crippen molar-refractivity contribution >= 4 is 28.7 Å². The average Bonchev–Trinajstić information content (AvgIpc) is 2.74. The molecule has 1 aromatic heterocycles. The molecule has 0 saturated heterocycles. The van der Waals surface area contributed by atoms with Crippen LogP contribution in [0.3, 0.4) is 0 Å². The number of anilines is 2. The number of nitrogens with one attached hydrogen (secondary N) is 1. The molecule has 3 aromatic rings. The molecule has 4 nitrogen and oxygen atoms in total. The van der Waals surface area contributed by atoms with Crippen molar-refractivity contribution in [3.63, 3.8) is 0 Å². The molecule has 0 unspecified atom stereocenters. The Kier molecular flexibility index (Phi) is 6.75. The van der Waals surface area contributed by atoms with Gasteiger partial charge in [-0.1, -0.05) is 58.0 Å². The number of aromatic nitrogens is 1. The highest BCUT2D eigenvalue weighted by Gasteiger charge is 2.11. The Bertz CT molecular complexity index is 1050. The first-order valence-corrected chi connectivity index (χ1v) is 9.87. The van der Waals surface area contributed by atoms with E-state index in [1.165, 1.54) is 5.56 Å². The lowest BCUT2D eigenvalue weighted by molar-refractivity contribution is 0.478. The maximum absolute atomic E-state index is 14.8. The Morgan fingerprint density at radius 1 is 1.03 bits per heavy atom. The number of aryl methyl sites for hydroxylation is 1. The summed E-state index contributed by atoms with van der Waals surface area (Å²) >= 11 is 6.22. The highest BCUT2D eigenvalue weighted by Crippen LogP contribution is 2.33. The minimum absolute atomic E-state index is 0.336. The van der Waals surface area contributed by atoms with Crippen molar-refractivity contribution in [2.75, 3.05) is 10.9 Å². The highest BCUT2D eigenvalue weighted by atomic mass is 35.5. The number of benzene rings is 2. The maximum atomic E-state index is 14.8. The topological polar surface area (TPSA) is 54.2 Å². The van der Waals surface area contributed by atoms with Crippen molar-refractivity contribution in [2.45, 2.75) is 20.8 Å². The van der Waals surface area contributed by atoms with Crippen molar-refractivity contribution in [3.05, 3.63) is 95.0 Å². The van der Waals surface area contributed by atoms with Crippen LogP contribution in [0.5, 0.6) is 0 Å². The van der Waals surface area contributed by atoms with Crippen LogP contribution in [-0.4, -0.2) is 4.98 Å². The number of hydrogen-bond acceptors (Lipinski definition) is 4. The molecule has 3 rings (SSSR count). The predicted molar refractivity (Wildman–Crippen MR) is 124 cm³/mol. The molecule has 0 spiro atoms. The largest absolute Gasteiger partial charge is 0.383 e. The molecular weight excluding hydrogens is 399 g/mol. The summed E-state index contributed by atoms with van der Waals surface area (Å²) in [6, 6.07) is 16.8. The molecule has 0 aliphatic carbocycles. The van der Waals surface area contributed by atoms with E-state index in [9.17, 15) is 4.48 Å². The van der Waals surface area contributed by atoms with Crippen molar-refractivity contribution in [3.8, 4) is 11.1 Å². The van der Waals surface area contributed by atoms with Gasteiger partial charge in [-0.3, -0.25) is 0 Å². The second kappa shape index (κ2) is 9.46. The summed E-state index contributed by atoms with van der Waals surface area (Å²) in [7, 11) is 0. The van der Waals surface area contributed by atoms with Crippen LogP contribution < -0.4 is 16.2 Å². The van der Waals surface area contributed by atoms with E-state index in [0.717, 1.165) is 16.7 Å². The van der Waals surface area contributed by atoms with Gasteiger partial charge in [0.2, 0.25) is 0 Å². The smallest absolute Gasteiger partial charge is 0.132 e. The molecule has 0 saturated carbocycles. The van der Waals surface area contributed by atoms with E-state index in [2.05, 4.69) is 41.5 Å². The van der Waals surface area contributed by atoms with Gasteiger partial charge in [-0.25, -0.2) is 4.98 Å². The van der Waals surface area contributed by atoms with Crippen LogP contribution >= 0.6 is 11.6 Å². The second-order valence-corrected chi connectivity index (χ2v) is 7.43. The molecule has 0 atom stereocenters. The monoisotopic (exact) mass is 422 g/mol. The number of nitrogens with zero attached hydrogens (tertiary/aromatic N) is 2. The lowest BCUT2D eigenvalue weighted by atomic mass is 10.1. The molecular formula is C24H24ClFN4. The van der Waals surface area contributed by atoms with Crippen molar-refractivity contribution in [2.24, 2.45) is 0 Å². The van der Waals surface area contributed by atoms with Crippen LogP contribution in [0.4, 0.5) is 16.0 Å². The molecule has 0 bridgehead atoms. The van der Waals surface area contributed by atoms with E-state index >= 15 is 0 Å².